The molecule has 0 saturated carbocycles. The molecule has 27 heavy (non-hydrogen) atoms. The lowest BCUT2D eigenvalue weighted by Gasteiger charge is -2.36. The standard InChI is InChI=1S/C19H21N5O3/c25-16-14-4-1-2-5-15(14)17(26)23(16)13-11-21-18(27)19(6-9-20-10-7-19)24-12-3-8-22-24/h1-5,8,12,20H,6-7,9-11,13H2,(H,21,27). The number of hydrogen-bond acceptors (Lipinski definition) is 5. The number of piperidine rings is 1. The zero-order chi connectivity index (χ0) is 18.9. The maximum atomic E-state index is 13.0. The summed E-state index contributed by atoms with van der Waals surface area (Å²) in [5.74, 6) is -0.758. The van der Waals surface area contributed by atoms with Crippen molar-refractivity contribution >= 4 is 17.7 Å². The van der Waals surface area contributed by atoms with E-state index >= 15 is 0 Å². The Morgan fingerprint density at radius 3 is 2.37 bits per heavy atom. The van der Waals surface area contributed by atoms with Crippen molar-refractivity contribution in [1.29, 1.82) is 0 Å². The molecule has 8 heteroatoms. The lowest BCUT2D eigenvalue weighted by Crippen LogP contribution is -2.55. The van der Waals surface area contributed by atoms with Gasteiger partial charge in [0, 0.05) is 25.5 Å². The van der Waals surface area contributed by atoms with E-state index in [4.69, 9.17) is 0 Å². The number of aromatic nitrogens is 2. The third kappa shape index (κ3) is 2.91. The minimum absolute atomic E-state index is 0.135. The fraction of sp³-hybridized carbons (Fsp3) is 0.368. The second-order valence-electron chi connectivity index (χ2n) is 6.80. The molecule has 8 nitrogen and oxygen atoms in total. The predicted octanol–water partition coefficient (Wildman–Crippen LogP) is 0.374. The molecule has 0 bridgehead atoms. The molecule has 0 unspecified atom stereocenters. The normalized spacial score (nSPS) is 18.4. The largest absolute Gasteiger partial charge is 0.352 e. The van der Waals surface area contributed by atoms with Gasteiger partial charge in [-0.1, -0.05) is 12.1 Å². The van der Waals surface area contributed by atoms with Crippen LogP contribution in [0.3, 0.4) is 0 Å². The molecule has 2 aromatic rings. The summed E-state index contributed by atoms with van der Waals surface area (Å²) in [7, 11) is 0. The maximum absolute atomic E-state index is 13.0. The fourth-order valence-corrected chi connectivity index (χ4v) is 3.81. The molecule has 4 rings (SSSR count). The summed E-state index contributed by atoms with van der Waals surface area (Å²) in [5.41, 5.74) is 0.0943. The maximum Gasteiger partial charge on any atom is 0.261 e. The van der Waals surface area contributed by atoms with Crippen molar-refractivity contribution in [2.24, 2.45) is 0 Å². The number of nitrogens with zero attached hydrogens (tertiary/aromatic N) is 3. The molecule has 140 valence electrons. The zero-order valence-corrected chi connectivity index (χ0v) is 14.9. The smallest absolute Gasteiger partial charge is 0.261 e. The van der Waals surface area contributed by atoms with Gasteiger partial charge in [-0.2, -0.15) is 5.10 Å². The lowest BCUT2D eigenvalue weighted by atomic mass is 9.87. The molecule has 2 aliphatic rings. The highest BCUT2D eigenvalue weighted by Crippen LogP contribution is 2.27. The Balaban J connectivity index is 1.42. The number of benzene rings is 1. The lowest BCUT2D eigenvalue weighted by molar-refractivity contribution is -0.132. The van der Waals surface area contributed by atoms with Crippen LogP contribution in [0.15, 0.2) is 42.7 Å². The van der Waals surface area contributed by atoms with Crippen molar-refractivity contribution in [3.05, 3.63) is 53.9 Å². The Hall–Kier alpha value is -3.00. The number of imide groups is 1. The highest BCUT2D eigenvalue weighted by atomic mass is 16.2. The summed E-state index contributed by atoms with van der Waals surface area (Å²) >= 11 is 0. The molecule has 2 N–H and O–H groups in total. The Kier molecular flexibility index (Phi) is 4.49. The van der Waals surface area contributed by atoms with E-state index in [2.05, 4.69) is 15.7 Å². The number of fused-ring (bicyclic) bond motifs is 1. The molecule has 0 radical (unpaired) electrons. The zero-order valence-electron chi connectivity index (χ0n) is 14.9. The van der Waals surface area contributed by atoms with Crippen LogP contribution in [0.2, 0.25) is 0 Å². The molecule has 0 spiro atoms. The highest BCUT2D eigenvalue weighted by molar-refractivity contribution is 6.21. The number of hydrogen-bond donors (Lipinski definition) is 2. The first kappa shape index (κ1) is 17.4. The van der Waals surface area contributed by atoms with Crippen LogP contribution in [0.1, 0.15) is 33.6 Å². The van der Waals surface area contributed by atoms with E-state index in [1.165, 1.54) is 4.90 Å². The van der Waals surface area contributed by atoms with Gasteiger partial charge in [0.25, 0.3) is 11.8 Å². The van der Waals surface area contributed by atoms with Gasteiger partial charge in [0.05, 0.1) is 11.1 Å². The summed E-state index contributed by atoms with van der Waals surface area (Å²) in [4.78, 5) is 39.0. The summed E-state index contributed by atoms with van der Waals surface area (Å²) in [5, 5.41) is 10.4. The van der Waals surface area contributed by atoms with Crippen LogP contribution < -0.4 is 10.6 Å². The Labute approximate surface area is 156 Å². The van der Waals surface area contributed by atoms with Gasteiger partial charge >= 0.3 is 0 Å². The molecule has 0 aliphatic carbocycles. The van der Waals surface area contributed by atoms with Crippen molar-refractivity contribution in [3.63, 3.8) is 0 Å². The van der Waals surface area contributed by atoms with E-state index in [9.17, 15) is 14.4 Å². The van der Waals surface area contributed by atoms with Gasteiger partial charge in [-0.25, -0.2) is 0 Å². The SMILES string of the molecule is O=C1c2ccccc2C(=O)N1CCNC(=O)C1(n2cccn2)CCNCC1. The van der Waals surface area contributed by atoms with Gasteiger partial charge in [-0.05, 0) is 44.1 Å². The molecule has 3 heterocycles. The second kappa shape index (κ2) is 6.96. The third-order valence-corrected chi connectivity index (χ3v) is 5.30. The molecule has 1 saturated heterocycles. The fourth-order valence-electron chi connectivity index (χ4n) is 3.81. The number of nitrogens with one attached hydrogen (secondary N) is 2. The minimum Gasteiger partial charge on any atom is -0.352 e. The number of carbonyl (C=O) groups is 3. The number of carbonyl (C=O) groups excluding carboxylic acids is 3. The van der Waals surface area contributed by atoms with Crippen molar-refractivity contribution in [2.45, 2.75) is 18.4 Å². The van der Waals surface area contributed by atoms with Gasteiger partial charge in [0.15, 0.2) is 0 Å². The van der Waals surface area contributed by atoms with Gasteiger partial charge in [-0.3, -0.25) is 24.0 Å². The van der Waals surface area contributed by atoms with Crippen LogP contribution in [0.5, 0.6) is 0 Å². The third-order valence-electron chi connectivity index (χ3n) is 5.30. The van der Waals surface area contributed by atoms with Crippen LogP contribution in [-0.2, 0) is 10.3 Å². The van der Waals surface area contributed by atoms with Gasteiger partial charge in [-0.15, -0.1) is 0 Å². The topological polar surface area (TPSA) is 96.3 Å². The molecular weight excluding hydrogens is 346 g/mol. The van der Waals surface area contributed by atoms with E-state index in [1.807, 2.05) is 0 Å². The van der Waals surface area contributed by atoms with Crippen LogP contribution in [0.25, 0.3) is 0 Å². The van der Waals surface area contributed by atoms with Crippen molar-refractivity contribution in [1.82, 2.24) is 25.3 Å². The van der Waals surface area contributed by atoms with Crippen LogP contribution >= 0.6 is 0 Å². The molecule has 1 aromatic heterocycles. The first-order valence-corrected chi connectivity index (χ1v) is 9.08. The summed E-state index contributed by atoms with van der Waals surface area (Å²) in [6.07, 6.45) is 4.73. The average Bonchev–Trinajstić information content (AvgIpc) is 3.33. The molecular formula is C19H21N5O3. The first-order valence-electron chi connectivity index (χ1n) is 9.08. The Morgan fingerprint density at radius 1 is 1.11 bits per heavy atom. The molecule has 1 aromatic carbocycles. The van der Waals surface area contributed by atoms with Crippen molar-refractivity contribution in [2.75, 3.05) is 26.2 Å². The van der Waals surface area contributed by atoms with E-state index < -0.39 is 5.54 Å². The molecule has 3 amide bonds. The summed E-state index contributed by atoms with van der Waals surface area (Å²) < 4.78 is 1.71. The average molecular weight is 367 g/mol. The monoisotopic (exact) mass is 367 g/mol. The minimum atomic E-state index is -0.739. The van der Waals surface area contributed by atoms with Crippen molar-refractivity contribution < 1.29 is 14.4 Å². The second-order valence-corrected chi connectivity index (χ2v) is 6.80. The van der Waals surface area contributed by atoms with Gasteiger partial charge < -0.3 is 10.6 Å². The summed E-state index contributed by atoms with van der Waals surface area (Å²) in [6, 6.07) is 8.57. The molecule has 0 atom stereocenters. The van der Waals surface area contributed by atoms with E-state index in [0.717, 1.165) is 13.1 Å². The van der Waals surface area contributed by atoms with Crippen LogP contribution in [0, 0.1) is 0 Å². The highest BCUT2D eigenvalue weighted by Gasteiger charge is 2.42. The quantitative estimate of drug-likeness (QED) is 0.745. The summed E-state index contributed by atoms with van der Waals surface area (Å²) in [6.45, 7) is 1.81. The Bertz CT molecular complexity index is 836. The van der Waals surface area contributed by atoms with E-state index in [1.54, 1.807) is 47.4 Å². The van der Waals surface area contributed by atoms with Crippen LogP contribution in [-0.4, -0.2) is 58.6 Å². The van der Waals surface area contributed by atoms with E-state index in [-0.39, 0.29) is 30.8 Å². The first-order chi connectivity index (χ1) is 13.1. The predicted molar refractivity (Wildman–Crippen MR) is 97.1 cm³/mol. The molecule has 1 fully saturated rings. The van der Waals surface area contributed by atoms with Crippen LogP contribution in [0.4, 0.5) is 0 Å². The van der Waals surface area contributed by atoms with E-state index in [0.29, 0.717) is 24.0 Å². The molecule has 2 aliphatic heterocycles. The number of rotatable bonds is 5. The number of amides is 3. The van der Waals surface area contributed by atoms with Gasteiger partial charge in [0.1, 0.15) is 5.54 Å². The van der Waals surface area contributed by atoms with Crippen molar-refractivity contribution in [3.8, 4) is 0 Å². The van der Waals surface area contributed by atoms with Gasteiger partial charge in [0.2, 0.25) is 5.91 Å². The Morgan fingerprint density at radius 2 is 1.78 bits per heavy atom.